The van der Waals surface area contributed by atoms with Gasteiger partial charge in [0.1, 0.15) is 41.2 Å². The van der Waals surface area contributed by atoms with Gasteiger partial charge in [0.2, 0.25) is 0 Å². The van der Waals surface area contributed by atoms with Crippen LogP contribution in [0, 0.1) is 24.0 Å². The van der Waals surface area contributed by atoms with Crippen molar-refractivity contribution >= 4 is 39.7 Å². The third kappa shape index (κ3) is 9.15. The van der Waals surface area contributed by atoms with Crippen molar-refractivity contribution in [1.29, 1.82) is 0 Å². The Hall–Kier alpha value is -5.44. The number of hydrogen-bond donors (Lipinski definition) is 1. The Morgan fingerprint density at radius 3 is 2.65 bits per heavy atom. The second-order valence-corrected chi connectivity index (χ2v) is 16.2. The second-order valence-electron chi connectivity index (χ2n) is 16.2. The molecule has 0 unspecified atom stereocenters. The minimum absolute atomic E-state index is 0.000694. The van der Waals surface area contributed by atoms with E-state index < -0.39 is 41.1 Å². The highest BCUT2D eigenvalue weighted by atomic mass is 19.1. The molecule has 3 aliphatic heterocycles. The number of hydrogen-bond acceptors (Lipinski definition) is 12. The van der Waals surface area contributed by atoms with Crippen molar-refractivity contribution in [2.75, 3.05) is 71.3 Å². The molecule has 2 aromatic heterocycles. The van der Waals surface area contributed by atoms with E-state index in [-0.39, 0.29) is 76.9 Å². The molecule has 0 aliphatic carbocycles. The summed E-state index contributed by atoms with van der Waals surface area (Å²) < 4.78 is 75.6. The van der Waals surface area contributed by atoms with Crippen LogP contribution in [0.3, 0.4) is 0 Å². The van der Waals surface area contributed by atoms with Crippen LogP contribution in [0.5, 0.6) is 11.8 Å². The predicted molar refractivity (Wildman–Crippen MR) is 218 cm³/mol. The summed E-state index contributed by atoms with van der Waals surface area (Å²) >= 11 is 0. The van der Waals surface area contributed by atoms with Crippen molar-refractivity contribution in [3.63, 3.8) is 0 Å². The lowest BCUT2D eigenvalue weighted by molar-refractivity contribution is 0.0232. The predicted octanol–water partition coefficient (Wildman–Crippen LogP) is 6.95. The Morgan fingerprint density at radius 2 is 1.87 bits per heavy atom. The van der Waals surface area contributed by atoms with E-state index in [1.165, 1.54) is 35.5 Å². The molecule has 3 fully saturated rings. The Balaban J connectivity index is 1.34. The minimum Gasteiger partial charge on any atom is -0.461 e. The minimum atomic E-state index is -1.01. The summed E-state index contributed by atoms with van der Waals surface area (Å²) in [4.78, 5) is 42.6. The third-order valence-corrected chi connectivity index (χ3v) is 10.9. The van der Waals surface area contributed by atoms with Crippen molar-refractivity contribution in [2.24, 2.45) is 0 Å². The molecule has 1 N–H and O–H groups in total. The Morgan fingerprint density at radius 1 is 1.05 bits per heavy atom. The average Bonchev–Trinajstić information content (AvgIpc) is 3.61. The SMILES string of the molecule is C#Cc1c(F)ccc2cc(OC(=O)NCCOCCOC)cc(-c3ncc4c(N5CCCCCN5C(=O)OC(C)(C)C)nc(OC[C@@]56CCCN5C[C@H](F)C6)nc4c3F)c12. The molecule has 0 spiro atoms. The molecule has 60 heavy (non-hydrogen) atoms. The highest BCUT2D eigenvalue weighted by Gasteiger charge is 2.49. The Bertz CT molecular complexity index is 2290. The summed E-state index contributed by atoms with van der Waals surface area (Å²) in [5.74, 6) is 0.865. The van der Waals surface area contributed by atoms with Gasteiger partial charge in [0.05, 0.1) is 36.3 Å². The lowest BCUT2D eigenvalue weighted by atomic mass is 9.95. The summed E-state index contributed by atoms with van der Waals surface area (Å²) in [6.07, 6.45) is 8.81. The fourth-order valence-corrected chi connectivity index (χ4v) is 8.20. The van der Waals surface area contributed by atoms with E-state index in [0.29, 0.717) is 57.5 Å². The quantitative estimate of drug-likeness (QED) is 0.117. The van der Waals surface area contributed by atoms with Crippen molar-refractivity contribution in [2.45, 2.75) is 76.6 Å². The smallest absolute Gasteiger partial charge is 0.429 e. The topological polar surface area (TPSA) is 141 Å². The summed E-state index contributed by atoms with van der Waals surface area (Å²) in [5, 5.41) is 6.34. The number of carbonyl (C=O) groups excluding carboxylic acids is 2. The maximum atomic E-state index is 17.5. The largest absolute Gasteiger partial charge is 0.461 e. The molecule has 3 saturated heterocycles. The maximum absolute atomic E-state index is 17.5. The van der Waals surface area contributed by atoms with Gasteiger partial charge in [-0.3, -0.25) is 14.9 Å². The number of hydrazine groups is 1. The van der Waals surface area contributed by atoms with Crippen molar-refractivity contribution in [3.8, 4) is 35.4 Å². The first-order chi connectivity index (χ1) is 28.8. The third-order valence-electron chi connectivity index (χ3n) is 10.9. The number of pyridine rings is 1. The number of nitrogens with one attached hydrogen (secondary N) is 1. The van der Waals surface area contributed by atoms with Crippen LogP contribution in [0.2, 0.25) is 0 Å². The number of aromatic nitrogens is 3. The number of rotatable bonds is 12. The molecule has 17 heteroatoms. The van der Waals surface area contributed by atoms with Crippen molar-refractivity contribution in [1.82, 2.24) is 30.2 Å². The zero-order valence-electron chi connectivity index (χ0n) is 34.3. The molecular formula is C43H50F3N7O7. The van der Waals surface area contributed by atoms with E-state index >= 15 is 8.78 Å². The highest BCUT2D eigenvalue weighted by molar-refractivity contribution is 6.03. The standard InChI is InChI=1S/C43H50F3N7O7/c1-6-30-33(45)12-11-27-21-29(59-40(54)47-14-18-57-20-19-56-5)22-31(34(27)30)36-35(46)37-32(24-48-36)38(52-16-8-7-9-17-53(52)41(55)60-42(2,3)4)50-39(49-37)58-26-43-13-10-15-51(43)25-28(44)23-43/h1,11-12,21-22,24,28H,7-10,13-20,23,25-26H2,2-5H3,(H,47,54)/t28-,43+/m1/s1. The van der Waals surface area contributed by atoms with Gasteiger partial charge >= 0.3 is 18.2 Å². The van der Waals surface area contributed by atoms with E-state index in [4.69, 9.17) is 35.1 Å². The van der Waals surface area contributed by atoms with E-state index in [0.717, 1.165) is 19.4 Å². The van der Waals surface area contributed by atoms with E-state index in [1.807, 2.05) is 0 Å². The molecule has 0 saturated carbocycles. The van der Waals surface area contributed by atoms with Crippen LogP contribution in [-0.2, 0) is 14.2 Å². The number of halogens is 3. The number of ether oxygens (including phenoxy) is 5. The molecule has 2 aromatic carbocycles. The first-order valence-corrected chi connectivity index (χ1v) is 20.2. The van der Waals surface area contributed by atoms with Gasteiger partial charge in [-0.1, -0.05) is 12.0 Å². The van der Waals surface area contributed by atoms with E-state index in [2.05, 4.69) is 26.1 Å². The number of amides is 2. The number of carbonyl (C=O) groups is 2. The fourth-order valence-electron chi connectivity index (χ4n) is 8.20. The molecule has 0 bridgehead atoms. The van der Waals surface area contributed by atoms with Gasteiger partial charge < -0.3 is 29.0 Å². The van der Waals surface area contributed by atoms with Gasteiger partial charge in [-0.15, -0.1) is 6.42 Å². The first kappa shape index (κ1) is 42.7. The summed E-state index contributed by atoms with van der Waals surface area (Å²) in [5.41, 5.74) is -1.99. The molecule has 2 atom stereocenters. The average molecular weight is 834 g/mol. The van der Waals surface area contributed by atoms with Gasteiger partial charge in [0, 0.05) is 56.9 Å². The number of fused-ring (bicyclic) bond motifs is 3. The number of nitrogens with zero attached hydrogens (tertiary/aromatic N) is 6. The van der Waals surface area contributed by atoms with Crippen LogP contribution in [0.15, 0.2) is 30.5 Å². The number of methoxy groups -OCH3 is 1. The normalized spacial score (nSPS) is 19.6. The zero-order valence-corrected chi connectivity index (χ0v) is 34.3. The van der Waals surface area contributed by atoms with Gasteiger partial charge in [0.15, 0.2) is 11.6 Å². The molecule has 3 aliphatic rings. The number of anilines is 1. The number of alkyl halides is 1. The van der Waals surface area contributed by atoms with Crippen molar-refractivity contribution in [3.05, 3.63) is 47.7 Å². The van der Waals surface area contributed by atoms with Gasteiger partial charge in [-0.2, -0.15) is 9.97 Å². The zero-order chi connectivity index (χ0) is 42.6. The lowest BCUT2D eigenvalue weighted by Crippen LogP contribution is -2.49. The summed E-state index contributed by atoms with van der Waals surface area (Å²) in [6, 6.07) is 5.27. The molecule has 2 amide bonds. The van der Waals surface area contributed by atoms with Crippen LogP contribution in [-0.4, -0.2) is 121 Å². The molecule has 4 aromatic rings. The fraction of sp³-hybridized carbons (Fsp3) is 0.512. The molecular weight excluding hydrogens is 784 g/mol. The maximum Gasteiger partial charge on any atom is 0.429 e. The molecule has 320 valence electrons. The van der Waals surface area contributed by atoms with Gasteiger partial charge in [-0.25, -0.2) is 27.8 Å². The summed E-state index contributed by atoms with van der Waals surface area (Å²) in [6.45, 7) is 8.11. The molecule has 14 nitrogen and oxygen atoms in total. The van der Waals surface area contributed by atoms with Crippen LogP contribution in [0.4, 0.5) is 28.6 Å². The van der Waals surface area contributed by atoms with E-state index in [1.54, 1.807) is 32.9 Å². The Labute approximate surface area is 346 Å². The van der Waals surface area contributed by atoms with Crippen LogP contribution in [0.25, 0.3) is 32.9 Å². The monoisotopic (exact) mass is 833 g/mol. The molecule has 5 heterocycles. The Kier molecular flexibility index (Phi) is 12.8. The lowest BCUT2D eigenvalue weighted by Gasteiger charge is -2.36. The second kappa shape index (κ2) is 18.0. The van der Waals surface area contributed by atoms with Gasteiger partial charge in [0.25, 0.3) is 0 Å². The van der Waals surface area contributed by atoms with Crippen LogP contribution < -0.4 is 19.8 Å². The van der Waals surface area contributed by atoms with Crippen molar-refractivity contribution < 1.29 is 46.4 Å². The molecule has 7 rings (SSSR count). The van der Waals surface area contributed by atoms with Crippen LogP contribution >= 0.6 is 0 Å². The number of benzene rings is 2. The van der Waals surface area contributed by atoms with E-state index in [9.17, 15) is 14.0 Å². The van der Waals surface area contributed by atoms with Crippen LogP contribution in [0.1, 0.15) is 64.9 Å². The van der Waals surface area contributed by atoms with Gasteiger partial charge in [-0.05, 0) is 83.0 Å². The first-order valence-electron chi connectivity index (χ1n) is 20.2. The molecule has 0 radical (unpaired) electrons. The number of terminal acetylenes is 1. The highest BCUT2D eigenvalue weighted by Crippen LogP contribution is 2.42. The summed E-state index contributed by atoms with van der Waals surface area (Å²) in [7, 11) is 1.55.